The molecule has 14 heavy (non-hydrogen) atoms. The molecule has 0 bridgehead atoms. The van der Waals surface area contributed by atoms with Crippen LogP contribution in [0.25, 0.3) is 0 Å². The summed E-state index contributed by atoms with van der Waals surface area (Å²) in [4.78, 5) is 10.4. The van der Waals surface area contributed by atoms with Crippen molar-refractivity contribution in [3.05, 3.63) is 32.2 Å². The highest BCUT2D eigenvalue weighted by atomic mass is 79.9. The summed E-state index contributed by atoms with van der Waals surface area (Å²) in [5, 5.41) is 0. The lowest BCUT2D eigenvalue weighted by Crippen LogP contribution is -2.07. The van der Waals surface area contributed by atoms with E-state index in [1.54, 1.807) is 0 Å². The van der Waals surface area contributed by atoms with Crippen LogP contribution >= 0.6 is 31.9 Å². The fraction of sp³-hybridized carbons (Fsp3) is 0.125. The molecule has 0 saturated heterocycles. The van der Waals surface area contributed by atoms with Crippen LogP contribution in [0, 0.1) is 0 Å². The van der Waals surface area contributed by atoms with Gasteiger partial charge in [0.15, 0.2) is 6.29 Å². The van der Waals surface area contributed by atoms with Crippen LogP contribution in [-0.4, -0.2) is 6.29 Å². The molecule has 0 aliphatic heterocycles. The maximum atomic E-state index is 12.3. The molecule has 0 N–H and O–H groups in total. The first-order valence-corrected chi connectivity index (χ1v) is 4.96. The first-order valence-electron chi connectivity index (χ1n) is 3.37. The molecule has 0 radical (unpaired) electrons. The minimum atomic E-state index is -4.46. The van der Waals surface area contributed by atoms with Gasteiger partial charge in [-0.1, -0.05) is 31.9 Å². The van der Waals surface area contributed by atoms with Crippen molar-refractivity contribution in [3.63, 3.8) is 0 Å². The van der Waals surface area contributed by atoms with E-state index in [4.69, 9.17) is 0 Å². The highest BCUT2D eigenvalue weighted by molar-refractivity contribution is 9.11. The second-order valence-corrected chi connectivity index (χ2v) is 4.18. The first kappa shape index (κ1) is 11.7. The van der Waals surface area contributed by atoms with Crippen molar-refractivity contribution >= 4 is 38.1 Å². The molecule has 0 aromatic heterocycles. The number of aldehydes is 1. The number of rotatable bonds is 1. The average molecular weight is 332 g/mol. The van der Waals surface area contributed by atoms with Crippen molar-refractivity contribution in [3.8, 4) is 0 Å². The van der Waals surface area contributed by atoms with E-state index in [9.17, 15) is 18.0 Å². The van der Waals surface area contributed by atoms with Gasteiger partial charge < -0.3 is 0 Å². The second kappa shape index (κ2) is 4.02. The SMILES string of the molecule is O=Cc1cc(C(F)(F)F)c(Br)cc1Br. The molecule has 0 heterocycles. The van der Waals surface area contributed by atoms with Crippen molar-refractivity contribution in [1.29, 1.82) is 0 Å². The Labute approximate surface area is 94.6 Å². The molecule has 0 saturated carbocycles. The summed E-state index contributed by atoms with van der Waals surface area (Å²) >= 11 is 5.76. The van der Waals surface area contributed by atoms with Gasteiger partial charge in [-0.15, -0.1) is 0 Å². The van der Waals surface area contributed by atoms with E-state index in [1.807, 2.05) is 0 Å². The van der Waals surface area contributed by atoms with Crippen LogP contribution in [0.4, 0.5) is 13.2 Å². The van der Waals surface area contributed by atoms with E-state index >= 15 is 0 Å². The maximum Gasteiger partial charge on any atom is 0.417 e. The third kappa shape index (κ3) is 2.36. The molecule has 1 rings (SSSR count). The molecule has 0 aliphatic rings. The van der Waals surface area contributed by atoms with Crippen molar-refractivity contribution in [1.82, 2.24) is 0 Å². The zero-order valence-corrected chi connectivity index (χ0v) is 9.70. The fourth-order valence-corrected chi connectivity index (χ4v) is 2.19. The number of halogens is 5. The van der Waals surface area contributed by atoms with Crippen LogP contribution in [0.5, 0.6) is 0 Å². The summed E-state index contributed by atoms with van der Waals surface area (Å²) in [6, 6.07) is 1.99. The van der Waals surface area contributed by atoms with Gasteiger partial charge in [-0.2, -0.15) is 13.2 Å². The predicted octanol–water partition coefficient (Wildman–Crippen LogP) is 4.04. The van der Waals surface area contributed by atoms with E-state index in [0.29, 0.717) is 10.8 Å². The van der Waals surface area contributed by atoms with Crippen LogP contribution in [0.2, 0.25) is 0 Å². The Morgan fingerprint density at radius 2 is 1.71 bits per heavy atom. The topological polar surface area (TPSA) is 17.1 Å². The summed E-state index contributed by atoms with van der Waals surface area (Å²) in [5.41, 5.74) is -0.886. The van der Waals surface area contributed by atoms with Gasteiger partial charge in [-0.3, -0.25) is 4.79 Å². The average Bonchev–Trinajstić information content (AvgIpc) is 2.02. The quantitative estimate of drug-likeness (QED) is 0.710. The molecule has 6 heteroatoms. The van der Waals surface area contributed by atoms with E-state index in [2.05, 4.69) is 31.9 Å². The van der Waals surface area contributed by atoms with Crippen LogP contribution in [0.15, 0.2) is 21.1 Å². The number of carbonyl (C=O) groups excluding carboxylic acids is 1. The smallest absolute Gasteiger partial charge is 0.298 e. The lowest BCUT2D eigenvalue weighted by molar-refractivity contribution is -0.138. The third-order valence-electron chi connectivity index (χ3n) is 1.52. The van der Waals surface area contributed by atoms with Crippen LogP contribution < -0.4 is 0 Å². The van der Waals surface area contributed by atoms with Gasteiger partial charge in [0, 0.05) is 14.5 Å². The molecule has 0 unspecified atom stereocenters. The molecule has 0 fully saturated rings. The van der Waals surface area contributed by atoms with Crippen molar-refractivity contribution in [2.24, 2.45) is 0 Å². The van der Waals surface area contributed by atoms with Crippen molar-refractivity contribution < 1.29 is 18.0 Å². The second-order valence-electron chi connectivity index (χ2n) is 2.47. The van der Waals surface area contributed by atoms with Gasteiger partial charge in [-0.25, -0.2) is 0 Å². The molecule has 1 aromatic rings. The Morgan fingerprint density at radius 1 is 1.14 bits per heavy atom. The number of carbonyl (C=O) groups is 1. The minimum Gasteiger partial charge on any atom is -0.298 e. The lowest BCUT2D eigenvalue weighted by Gasteiger charge is -2.10. The summed E-state index contributed by atoms with van der Waals surface area (Å²) in [6.45, 7) is 0. The highest BCUT2D eigenvalue weighted by Gasteiger charge is 2.33. The molecule has 0 atom stereocenters. The fourth-order valence-electron chi connectivity index (χ4n) is 0.873. The van der Waals surface area contributed by atoms with E-state index < -0.39 is 11.7 Å². The zero-order chi connectivity index (χ0) is 10.9. The summed E-state index contributed by atoms with van der Waals surface area (Å²) in [6.07, 6.45) is -4.09. The van der Waals surface area contributed by atoms with Crippen LogP contribution in [-0.2, 0) is 6.18 Å². The number of alkyl halides is 3. The maximum absolute atomic E-state index is 12.3. The van der Waals surface area contributed by atoms with Crippen molar-refractivity contribution in [2.45, 2.75) is 6.18 Å². The molecule has 0 amide bonds. The largest absolute Gasteiger partial charge is 0.417 e. The Balaban J connectivity index is 3.39. The Bertz CT molecular complexity index is 374. The van der Waals surface area contributed by atoms with Crippen LogP contribution in [0.1, 0.15) is 15.9 Å². The monoisotopic (exact) mass is 330 g/mol. The standard InChI is InChI=1S/C8H3Br2F3O/c9-6-2-7(10)5(8(11,12)13)1-4(6)3-14/h1-3H. The Kier molecular flexibility index (Phi) is 3.36. The minimum absolute atomic E-state index is 0.0273. The van der Waals surface area contributed by atoms with Crippen LogP contribution in [0.3, 0.4) is 0 Å². The third-order valence-corrected chi connectivity index (χ3v) is 2.86. The lowest BCUT2D eigenvalue weighted by atomic mass is 10.1. The van der Waals surface area contributed by atoms with Crippen molar-refractivity contribution in [2.75, 3.05) is 0 Å². The number of hydrogen-bond acceptors (Lipinski definition) is 1. The molecule has 1 aromatic carbocycles. The van der Waals surface area contributed by atoms with Gasteiger partial charge in [0.25, 0.3) is 0 Å². The van der Waals surface area contributed by atoms with E-state index in [1.165, 1.54) is 6.07 Å². The highest BCUT2D eigenvalue weighted by Crippen LogP contribution is 2.37. The number of hydrogen-bond donors (Lipinski definition) is 0. The van der Waals surface area contributed by atoms with Gasteiger partial charge in [0.2, 0.25) is 0 Å². The molecular formula is C8H3Br2F3O. The van der Waals surface area contributed by atoms with Gasteiger partial charge in [0.1, 0.15) is 0 Å². The number of benzene rings is 1. The molecule has 0 spiro atoms. The summed E-state index contributed by atoms with van der Waals surface area (Å²) in [5.74, 6) is 0. The molecule has 1 nitrogen and oxygen atoms in total. The molecular weight excluding hydrogens is 329 g/mol. The van der Waals surface area contributed by atoms with E-state index in [-0.39, 0.29) is 10.0 Å². The zero-order valence-electron chi connectivity index (χ0n) is 6.53. The Morgan fingerprint density at radius 3 is 2.14 bits per heavy atom. The summed E-state index contributed by atoms with van der Waals surface area (Å²) < 4.78 is 37.2. The predicted molar refractivity (Wildman–Crippen MR) is 52.2 cm³/mol. The van der Waals surface area contributed by atoms with Gasteiger partial charge >= 0.3 is 6.18 Å². The molecule has 76 valence electrons. The summed E-state index contributed by atoms with van der Waals surface area (Å²) in [7, 11) is 0. The Hall–Kier alpha value is -0.360. The first-order chi connectivity index (χ1) is 6.36. The van der Waals surface area contributed by atoms with E-state index in [0.717, 1.165) is 6.07 Å². The van der Waals surface area contributed by atoms with Gasteiger partial charge in [-0.05, 0) is 12.1 Å². The van der Waals surface area contributed by atoms with Gasteiger partial charge in [0.05, 0.1) is 5.56 Å². The molecule has 0 aliphatic carbocycles. The normalized spacial score (nSPS) is 11.5.